The van der Waals surface area contributed by atoms with Gasteiger partial charge in [-0.2, -0.15) is 0 Å². The minimum atomic E-state index is 0.0486. The van der Waals surface area contributed by atoms with Gasteiger partial charge in [-0.05, 0) is 44.4 Å². The summed E-state index contributed by atoms with van der Waals surface area (Å²) in [7, 11) is 0. The fourth-order valence-corrected chi connectivity index (χ4v) is 2.74. The average molecular weight is 309 g/mol. The molecule has 21 heavy (non-hydrogen) atoms. The van der Waals surface area contributed by atoms with Crippen LogP contribution in [0.3, 0.4) is 0 Å². The molecule has 0 aromatic heterocycles. The molecule has 0 radical (unpaired) electrons. The first kappa shape index (κ1) is 16.3. The summed E-state index contributed by atoms with van der Waals surface area (Å²) >= 11 is 6.22. The van der Waals surface area contributed by atoms with E-state index in [1.54, 1.807) is 0 Å². The highest BCUT2D eigenvalue weighted by Crippen LogP contribution is 2.26. The molecule has 1 fully saturated rings. The van der Waals surface area contributed by atoms with Gasteiger partial charge in [0.2, 0.25) is 0 Å². The third-order valence-electron chi connectivity index (χ3n) is 3.92. The van der Waals surface area contributed by atoms with Crippen molar-refractivity contribution in [1.29, 1.82) is 0 Å². The van der Waals surface area contributed by atoms with Crippen molar-refractivity contribution in [2.24, 2.45) is 0 Å². The Hall–Kier alpha value is -1.03. The molecular formula is C17H25ClN2O. The molecule has 0 atom stereocenters. The van der Waals surface area contributed by atoms with Crippen molar-refractivity contribution in [1.82, 2.24) is 4.90 Å². The second-order valence-electron chi connectivity index (χ2n) is 5.97. The second kappa shape index (κ2) is 7.83. The lowest BCUT2D eigenvalue weighted by Crippen LogP contribution is -2.39. The Morgan fingerprint density at radius 2 is 2.10 bits per heavy atom. The van der Waals surface area contributed by atoms with Crippen LogP contribution in [-0.2, 0) is 6.61 Å². The number of anilines is 1. The lowest BCUT2D eigenvalue weighted by molar-refractivity contribution is 0.240. The number of benzene rings is 1. The van der Waals surface area contributed by atoms with Gasteiger partial charge in [0.25, 0.3) is 0 Å². The molecule has 3 nitrogen and oxygen atoms in total. The molecule has 0 bridgehead atoms. The smallest absolute Gasteiger partial charge is 0.0682 e. The van der Waals surface area contributed by atoms with E-state index in [0.717, 1.165) is 48.7 Å². The SMILES string of the molecule is CC(C)=CCN1CCC(Nc2cc(CO)ccc2Cl)CC1. The van der Waals surface area contributed by atoms with Crippen LogP contribution in [0.4, 0.5) is 5.69 Å². The van der Waals surface area contributed by atoms with Gasteiger partial charge in [0.05, 0.1) is 17.3 Å². The maximum Gasteiger partial charge on any atom is 0.0682 e. The van der Waals surface area contributed by atoms with Crippen molar-refractivity contribution in [2.75, 3.05) is 25.0 Å². The number of hydrogen-bond donors (Lipinski definition) is 2. The van der Waals surface area contributed by atoms with Gasteiger partial charge in [-0.15, -0.1) is 0 Å². The second-order valence-corrected chi connectivity index (χ2v) is 6.38. The van der Waals surface area contributed by atoms with Crippen molar-refractivity contribution in [3.05, 3.63) is 40.4 Å². The fourth-order valence-electron chi connectivity index (χ4n) is 2.57. The summed E-state index contributed by atoms with van der Waals surface area (Å²) in [6.45, 7) is 7.61. The van der Waals surface area contributed by atoms with Gasteiger partial charge in [-0.1, -0.05) is 29.3 Å². The summed E-state index contributed by atoms with van der Waals surface area (Å²) in [5, 5.41) is 13.5. The first-order valence-electron chi connectivity index (χ1n) is 7.60. The van der Waals surface area contributed by atoms with Crippen molar-refractivity contribution >= 4 is 17.3 Å². The van der Waals surface area contributed by atoms with Gasteiger partial charge in [-0.3, -0.25) is 4.90 Å². The maximum atomic E-state index is 9.21. The monoisotopic (exact) mass is 308 g/mol. The molecule has 116 valence electrons. The zero-order valence-corrected chi connectivity index (χ0v) is 13.7. The molecule has 1 aromatic rings. The Balaban J connectivity index is 1.87. The van der Waals surface area contributed by atoms with Crippen LogP contribution in [0, 0.1) is 0 Å². The van der Waals surface area contributed by atoms with E-state index >= 15 is 0 Å². The largest absolute Gasteiger partial charge is 0.392 e. The summed E-state index contributed by atoms with van der Waals surface area (Å²) < 4.78 is 0. The highest BCUT2D eigenvalue weighted by molar-refractivity contribution is 6.33. The van der Waals surface area contributed by atoms with E-state index < -0.39 is 0 Å². The molecule has 1 saturated heterocycles. The normalized spacial score (nSPS) is 16.8. The third-order valence-corrected chi connectivity index (χ3v) is 4.25. The summed E-state index contributed by atoms with van der Waals surface area (Å²) in [6, 6.07) is 6.10. The average Bonchev–Trinajstić information content (AvgIpc) is 2.48. The summed E-state index contributed by atoms with van der Waals surface area (Å²) in [5.41, 5.74) is 3.21. The van der Waals surface area contributed by atoms with E-state index in [9.17, 15) is 5.11 Å². The van der Waals surface area contributed by atoms with E-state index in [0.29, 0.717) is 6.04 Å². The maximum absolute atomic E-state index is 9.21. The lowest BCUT2D eigenvalue weighted by Gasteiger charge is -2.32. The van der Waals surface area contributed by atoms with Crippen molar-refractivity contribution in [3.8, 4) is 0 Å². The number of nitrogens with one attached hydrogen (secondary N) is 1. The molecule has 0 unspecified atom stereocenters. The Kier molecular flexibility index (Phi) is 6.09. The van der Waals surface area contributed by atoms with Crippen LogP contribution in [0.5, 0.6) is 0 Å². The van der Waals surface area contributed by atoms with Crippen LogP contribution in [0.25, 0.3) is 0 Å². The van der Waals surface area contributed by atoms with Gasteiger partial charge < -0.3 is 10.4 Å². The number of aliphatic hydroxyl groups is 1. The topological polar surface area (TPSA) is 35.5 Å². The number of hydrogen-bond acceptors (Lipinski definition) is 3. The highest BCUT2D eigenvalue weighted by atomic mass is 35.5. The summed E-state index contributed by atoms with van der Waals surface area (Å²) in [5.74, 6) is 0. The number of likely N-dealkylation sites (tertiary alicyclic amines) is 1. The first-order valence-corrected chi connectivity index (χ1v) is 7.98. The van der Waals surface area contributed by atoms with Crippen LogP contribution in [0.2, 0.25) is 5.02 Å². The number of halogens is 1. The Bertz CT molecular complexity index is 490. The lowest BCUT2D eigenvalue weighted by atomic mass is 10.0. The molecule has 4 heteroatoms. The molecule has 0 spiro atoms. The molecular weight excluding hydrogens is 284 g/mol. The molecule has 0 amide bonds. The van der Waals surface area contributed by atoms with Crippen LogP contribution in [-0.4, -0.2) is 35.7 Å². The van der Waals surface area contributed by atoms with Gasteiger partial charge in [-0.25, -0.2) is 0 Å². The fraction of sp³-hybridized carbons (Fsp3) is 0.529. The molecule has 1 aromatic carbocycles. The van der Waals surface area contributed by atoms with Gasteiger partial charge >= 0.3 is 0 Å². The molecule has 0 aliphatic carbocycles. The minimum Gasteiger partial charge on any atom is -0.392 e. The van der Waals surface area contributed by atoms with Crippen LogP contribution in [0.15, 0.2) is 29.8 Å². The number of rotatable bonds is 5. The molecule has 0 saturated carbocycles. The standard InChI is InChI=1S/C17H25ClN2O/c1-13(2)5-8-20-9-6-15(7-10-20)19-17-11-14(12-21)3-4-16(17)18/h3-5,11,15,19,21H,6-10,12H2,1-2H3. The molecule has 1 aliphatic heterocycles. The van der Waals surface area contributed by atoms with E-state index in [1.165, 1.54) is 5.57 Å². The molecule has 1 heterocycles. The van der Waals surface area contributed by atoms with E-state index in [1.807, 2.05) is 18.2 Å². The van der Waals surface area contributed by atoms with Crippen molar-refractivity contribution in [3.63, 3.8) is 0 Å². The molecule has 1 aliphatic rings. The number of allylic oxidation sites excluding steroid dienone is 1. The van der Waals surface area contributed by atoms with Crippen molar-refractivity contribution < 1.29 is 5.11 Å². The summed E-state index contributed by atoms with van der Waals surface area (Å²) in [6.07, 6.45) is 4.53. The van der Waals surface area contributed by atoms with E-state index in [4.69, 9.17) is 11.6 Å². The highest BCUT2D eigenvalue weighted by Gasteiger charge is 2.19. The number of aliphatic hydroxyl groups excluding tert-OH is 1. The predicted molar refractivity (Wildman–Crippen MR) is 89.9 cm³/mol. The van der Waals surface area contributed by atoms with Crippen LogP contribution >= 0.6 is 11.6 Å². The van der Waals surface area contributed by atoms with Crippen LogP contribution < -0.4 is 5.32 Å². The first-order chi connectivity index (χ1) is 10.1. The zero-order chi connectivity index (χ0) is 15.2. The van der Waals surface area contributed by atoms with Gasteiger partial charge in [0.15, 0.2) is 0 Å². The van der Waals surface area contributed by atoms with Gasteiger partial charge in [0.1, 0.15) is 0 Å². The number of nitrogens with zero attached hydrogens (tertiary/aromatic N) is 1. The predicted octanol–water partition coefficient (Wildman–Crippen LogP) is 3.67. The molecule has 2 N–H and O–H groups in total. The minimum absolute atomic E-state index is 0.0486. The Labute approximate surface area is 132 Å². The van der Waals surface area contributed by atoms with Gasteiger partial charge in [0, 0.05) is 25.7 Å². The number of piperidine rings is 1. The van der Waals surface area contributed by atoms with E-state index in [-0.39, 0.29) is 6.61 Å². The van der Waals surface area contributed by atoms with Crippen molar-refractivity contribution in [2.45, 2.75) is 39.3 Å². The third kappa shape index (κ3) is 5.03. The van der Waals surface area contributed by atoms with E-state index in [2.05, 4.69) is 30.1 Å². The molecule has 2 rings (SSSR count). The quantitative estimate of drug-likeness (QED) is 0.815. The van der Waals surface area contributed by atoms with Crippen LogP contribution in [0.1, 0.15) is 32.3 Å². The summed E-state index contributed by atoms with van der Waals surface area (Å²) in [4.78, 5) is 2.48. The Morgan fingerprint density at radius 3 is 2.71 bits per heavy atom. The Morgan fingerprint density at radius 1 is 1.38 bits per heavy atom. The zero-order valence-electron chi connectivity index (χ0n) is 12.9.